The first kappa shape index (κ1) is 17.7. The second kappa shape index (κ2) is 7.63. The Labute approximate surface area is 130 Å². The van der Waals surface area contributed by atoms with Crippen LogP contribution in [0.4, 0.5) is 10.6 Å². The standard InChI is InChI=1S/C15H23N3O4/c1-10-11(13(19)20)6-7-12(18-10)16-8-5-9-17-14(21)22-15(2,3)4/h6-7H,5,8-9H2,1-4H3,(H,16,18)(H,17,21)(H,19,20). The molecule has 1 heterocycles. The third-order valence-electron chi connectivity index (χ3n) is 2.64. The van der Waals surface area contributed by atoms with Crippen LogP contribution in [-0.4, -0.2) is 40.8 Å². The normalized spacial score (nSPS) is 10.9. The Morgan fingerprint density at radius 1 is 1.27 bits per heavy atom. The molecule has 0 saturated carbocycles. The number of carbonyl (C=O) groups excluding carboxylic acids is 1. The van der Waals surface area contributed by atoms with Gasteiger partial charge in [-0.3, -0.25) is 0 Å². The number of alkyl carbamates (subject to hydrolysis) is 1. The molecule has 3 N–H and O–H groups in total. The van der Waals surface area contributed by atoms with Crippen LogP contribution in [0.25, 0.3) is 0 Å². The summed E-state index contributed by atoms with van der Waals surface area (Å²) >= 11 is 0. The number of pyridine rings is 1. The van der Waals surface area contributed by atoms with Crippen molar-refractivity contribution in [2.45, 2.75) is 39.7 Å². The predicted molar refractivity (Wildman–Crippen MR) is 83.3 cm³/mol. The SMILES string of the molecule is Cc1nc(NCCCNC(=O)OC(C)(C)C)ccc1C(=O)O. The van der Waals surface area contributed by atoms with Crippen molar-refractivity contribution in [1.82, 2.24) is 10.3 Å². The van der Waals surface area contributed by atoms with Crippen LogP contribution in [0.15, 0.2) is 12.1 Å². The van der Waals surface area contributed by atoms with Crippen molar-refractivity contribution in [3.8, 4) is 0 Å². The molecule has 7 nitrogen and oxygen atoms in total. The van der Waals surface area contributed by atoms with Crippen LogP contribution >= 0.6 is 0 Å². The predicted octanol–water partition coefficient (Wildman–Crippen LogP) is 2.41. The fraction of sp³-hybridized carbons (Fsp3) is 0.533. The van der Waals surface area contributed by atoms with E-state index in [1.807, 2.05) is 20.8 Å². The van der Waals surface area contributed by atoms with Gasteiger partial charge < -0.3 is 20.5 Å². The molecule has 0 spiro atoms. The van der Waals surface area contributed by atoms with Crippen molar-refractivity contribution >= 4 is 17.9 Å². The first-order valence-electron chi connectivity index (χ1n) is 7.11. The smallest absolute Gasteiger partial charge is 0.407 e. The molecule has 7 heteroatoms. The van der Waals surface area contributed by atoms with E-state index in [0.29, 0.717) is 31.0 Å². The summed E-state index contributed by atoms with van der Waals surface area (Å²) in [5.74, 6) is -0.377. The number of nitrogens with one attached hydrogen (secondary N) is 2. The number of ether oxygens (including phenoxy) is 1. The first-order chi connectivity index (χ1) is 10.2. The van der Waals surface area contributed by atoms with Gasteiger partial charge in [0.1, 0.15) is 11.4 Å². The molecule has 0 unspecified atom stereocenters. The molecular weight excluding hydrogens is 286 g/mol. The molecule has 22 heavy (non-hydrogen) atoms. The molecule has 0 saturated heterocycles. The van der Waals surface area contributed by atoms with Crippen molar-refractivity contribution in [3.63, 3.8) is 0 Å². The Hall–Kier alpha value is -2.31. The molecule has 0 bridgehead atoms. The highest BCUT2D eigenvalue weighted by atomic mass is 16.6. The second-order valence-electron chi connectivity index (χ2n) is 5.84. The maximum absolute atomic E-state index is 11.4. The highest BCUT2D eigenvalue weighted by Gasteiger charge is 2.15. The van der Waals surface area contributed by atoms with E-state index in [-0.39, 0.29) is 5.56 Å². The molecule has 0 fully saturated rings. The second-order valence-corrected chi connectivity index (χ2v) is 5.84. The molecule has 1 amide bonds. The molecule has 0 radical (unpaired) electrons. The Morgan fingerprint density at radius 3 is 2.50 bits per heavy atom. The Kier molecular flexibility index (Phi) is 6.15. The summed E-state index contributed by atoms with van der Waals surface area (Å²) < 4.78 is 5.12. The summed E-state index contributed by atoms with van der Waals surface area (Å²) in [5.41, 5.74) is 0.150. The molecule has 0 aliphatic heterocycles. The number of carboxylic acids is 1. The summed E-state index contributed by atoms with van der Waals surface area (Å²) in [5, 5.41) is 14.7. The maximum Gasteiger partial charge on any atom is 0.407 e. The average Bonchev–Trinajstić information content (AvgIpc) is 2.35. The minimum Gasteiger partial charge on any atom is -0.478 e. The summed E-state index contributed by atoms with van der Waals surface area (Å²) in [4.78, 5) is 26.5. The topological polar surface area (TPSA) is 101 Å². The Bertz CT molecular complexity index is 538. The van der Waals surface area contributed by atoms with Gasteiger partial charge in [-0.1, -0.05) is 0 Å². The molecular formula is C15H23N3O4. The highest BCUT2D eigenvalue weighted by Crippen LogP contribution is 2.10. The number of hydrogen-bond acceptors (Lipinski definition) is 5. The van der Waals surface area contributed by atoms with Crippen LogP contribution in [-0.2, 0) is 4.74 Å². The number of nitrogens with zero attached hydrogens (tertiary/aromatic N) is 1. The van der Waals surface area contributed by atoms with Gasteiger partial charge in [0, 0.05) is 13.1 Å². The number of rotatable bonds is 6. The van der Waals surface area contributed by atoms with Gasteiger partial charge >= 0.3 is 12.1 Å². The molecule has 0 aliphatic carbocycles. The lowest BCUT2D eigenvalue weighted by Crippen LogP contribution is -2.33. The summed E-state index contributed by atoms with van der Waals surface area (Å²) in [7, 11) is 0. The van der Waals surface area contributed by atoms with Crippen LogP contribution in [0.1, 0.15) is 43.2 Å². The van der Waals surface area contributed by atoms with E-state index < -0.39 is 17.7 Å². The molecule has 0 aliphatic rings. The van der Waals surface area contributed by atoms with Crippen LogP contribution in [0, 0.1) is 6.92 Å². The highest BCUT2D eigenvalue weighted by molar-refractivity contribution is 5.89. The monoisotopic (exact) mass is 309 g/mol. The van der Waals surface area contributed by atoms with E-state index in [1.54, 1.807) is 13.0 Å². The maximum atomic E-state index is 11.4. The zero-order valence-corrected chi connectivity index (χ0v) is 13.4. The molecule has 0 aromatic carbocycles. The molecule has 1 aromatic rings. The summed E-state index contributed by atoms with van der Waals surface area (Å²) in [6.45, 7) is 8.16. The van der Waals surface area contributed by atoms with Crippen LogP contribution in [0.2, 0.25) is 0 Å². The molecule has 1 rings (SSSR count). The van der Waals surface area contributed by atoms with Crippen LogP contribution in [0.3, 0.4) is 0 Å². The van der Waals surface area contributed by atoms with Gasteiger partial charge in [-0.2, -0.15) is 0 Å². The lowest BCUT2D eigenvalue weighted by Gasteiger charge is -2.19. The van der Waals surface area contributed by atoms with E-state index in [9.17, 15) is 9.59 Å². The van der Waals surface area contributed by atoms with E-state index >= 15 is 0 Å². The van der Waals surface area contributed by atoms with E-state index in [2.05, 4.69) is 15.6 Å². The van der Waals surface area contributed by atoms with E-state index in [4.69, 9.17) is 9.84 Å². The number of carbonyl (C=O) groups is 2. The Balaban J connectivity index is 2.29. The van der Waals surface area contributed by atoms with Gasteiger partial charge in [0.15, 0.2) is 0 Å². The minimum absolute atomic E-state index is 0.192. The fourth-order valence-corrected chi connectivity index (χ4v) is 1.70. The first-order valence-corrected chi connectivity index (χ1v) is 7.11. The lowest BCUT2D eigenvalue weighted by molar-refractivity contribution is 0.0527. The Morgan fingerprint density at radius 2 is 1.95 bits per heavy atom. The largest absolute Gasteiger partial charge is 0.478 e. The van der Waals surface area contributed by atoms with Crippen LogP contribution in [0.5, 0.6) is 0 Å². The zero-order chi connectivity index (χ0) is 16.8. The number of carboxylic acid groups (broad SMARTS) is 1. The third kappa shape index (κ3) is 6.43. The lowest BCUT2D eigenvalue weighted by atomic mass is 10.2. The van der Waals surface area contributed by atoms with Gasteiger partial charge in [-0.05, 0) is 46.2 Å². The van der Waals surface area contributed by atoms with Crippen molar-refractivity contribution in [2.24, 2.45) is 0 Å². The number of aromatic nitrogens is 1. The number of amides is 1. The number of anilines is 1. The van der Waals surface area contributed by atoms with Gasteiger partial charge in [-0.25, -0.2) is 14.6 Å². The zero-order valence-electron chi connectivity index (χ0n) is 13.4. The summed E-state index contributed by atoms with van der Waals surface area (Å²) in [6.07, 6.45) is 0.257. The number of aromatic carboxylic acids is 1. The van der Waals surface area contributed by atoms with Crippen molar-refractivity contribution in [3.05, 3.63) is 23.4 Å². The number of hydrogen-bond donors (Lipinski definition) is 3. The van der Waals surface area contributed by atoms with E-state index in [0.717, 1.165) is 0 Å². The van der Waals surface area contributed by atoms with Gasteiger partial charge in [0.2, 0.25) is 0 Å². The molecule has 122 valence electrons. The van der Waals surface area contributed by atoms with Gasteiger partial charge in [0.25, 0.3) is 0 Å². The molecule has 1 aromatic heterocycles. The third-order valence-corrected chi connectivity index (χ3v) is 2.64. The van der Waals surface area contributed by atoms with Crippen molar-refractivity contribution < 1.29 is 19.4 Å². The van der Waals surface area contributed by atoms with Crippen LogP contribution < -0.4 is 10.6 Å². The van der Waals surface area contributed by atoms with Crippen molar-refractivity contribution in [2.75, 3.05) is 18.4 Å². The minimum atomic E-state index is -0.988. The fourth-order valence-electron chi connectivity index (χ4n) is 1.70. The number of aryl methyl sites for hydroxylation is 1. The van der Waals surface area contributed by atoms with E-state index in [1.165, 1.54) is 6.07 Å². The van der Waals surface area contributed by atoms with Gasteiger partial charge in [0.05, 0.1) is 11.3 Å². The summed E-state index contributed by atoms with van der Waals surface area (Å²) in [6, 6.07) is 3.14. The quantitative estimate of drug-likeness (QED) is 0.698. The average molecular weight is 309 g/mol. The van der Waals surface area contributed by atoms with Crippen molar-refractivity contribution in [1.29, 1.82) is 0 Å². The van der Waals surface area contributed by atoms with Gasteiger partial charge in [-0.15, -0.1) is 0 Å². The molecule has 0 atom stereocenters.